The second kappa shape index (κ2) is 5.00. The van der Waals surface area contributed by atoms with Crippen molar-refractivity contribution in [2.75, 3.05) is 5.43 Å². The highest BCUT2D eigenvalue weighted by atomic mass is 32.2. The maximum atomic E-state index is 5.31. The molecule has 0 spiro atoms. The van der Waals surface area contributed by atoms with Crippen molar-refractivity contribution < 1.29 is 4.42 Å². The van der Waals surface area contributed by atoms with Crippen molar-refractivity contribution in [3.05, 3.63) is 36.0 Å². The average molecular weight is 236 g/mol. The first kappa shape index (κ1) is 11.0. The number of anilines is 1. The lowest BCUT2D eigenvalue weighted by Gasteiger charge is -2.01. The zero-order chi connectivity index (χ0) is 11.4. The molecule has 0 unspecified atom stereocenters. The molecule has 0 aromatic carbocycles. The summed E-state index contributed by atoms with van der Waals surface area (Å²) in [7, 11) is 0. The molecule has 84 valence electrons. The Bertz CT molecular complexity index is 471. The largest absolute Gasteiger partial charge is 0.440 e. The van der Waals surface area contributed by atoms with Crippen LogP contribution in [0.2, 0.25) is 0 Å². The van der Waals surface area contributed by atoms with Gasteiger partial charge in [-0.2, -0.15) is 0 Å². The molecule has 6 heteroatoms. The molecule has 0 saturated heterocycles. The van der Waals surface area contributed by atoms with Gasteiger partial charge in [-0.15, -0.1) is 0 Å². The fourth-order valence-electron chi connectivity index (χ4n) is 1.18. The first-order valence-electron chi connectivity index (χ1n) is 4.74. The minimum absolute atomic E-state index is 0.658. The summed E-state index contributed by atoms with van der Waals surface area (Å²) in [6.07, 6.45) is 3.35. The third-order valence-corrected chi connectivity index (χ3v) is 2.80. The Labute approximate surface area is 97.4 Å². The van der Waals surface area contributed by atoms with Crippen LogP contribution in [0.15, 0.2) is 34.2 Å². The first-order valence-corrected chi connectivity index (χ1v) is 5.73. The predicted molar refractivity (Wildman–Crippen MR) is 62.8 cm³/mol. The molecule has 0 bridgehead atoms. The van der Waals surface area contributed by atoms with E-state index in [-0.39, 0.29) is 0 Å². The Balaban J connectivity index is 1.99. The molecule has 0 amide bonds. The molecule has 16 heavy (non-hydrogen) atoms. The molecular formula is C10H12N4OS. The van der Waals surface area contributed by atoms with Crippen LogP contribution in [0, 0.1) is 6.92 Å². The van der Waals surface area contributed by atoms with Gasteiger partial charge in [-0.1, -0.05) is 11.8 Å². The van der Waals surface area contributed by atoms with Gasteiger partial charge in [-0.25, -0.2) is 4.98 Å². The Morgan fingerprint density at radius 2 is 2.44 bits per heavy atom. The first-order chi connectivity index (χ1) is 7.78. The number of nitrogens with one attached hydrogen (secondary N) is 1. The van der Waals surface area contributed by atoms with E-state index in [0.717, 1.165) is 17.1 Å². The summed E-state index contributed by atoms with van der Waals surface area (Å²) in [5.41, 5.74) is 5.23. The van der Waals surface area contributed by atoms with Gasteiger partial charge in [-0.3, -0.25) is 10.8 Å². The van der Waals surface area contributed by atoms with Crippen molar-refractivity contribution in [1.82, 2.24) is 9.97 Å². The molecule has 2 aromatic heterocycles. The summed E-state index contributed by atoms with van der Waals surface area (Å²) in [5, 5.41) is 0.658. The zero-order valence-corrected chi connectivity index (χ0v) is 9.62. The summed E-state index contributed by atoms with van der Waals surface area (Å²) in [5.74, 6) is 6.02. The Kier molecular flexibility index (Phi) is 3.43. The molecule has 2 heterocycles. The molecular weight excluding hydrogens is 224 g/mol. The lowest BCUT2D eigenvalue weighted by molar-refractivity contribution is 0.454. The molecule has 0 aliphatic rings. The van der Waals surface area contributed by atoms with Crippen LogP contribution in [0.3, 0.4) is 0 Å². The number of aryl methyl sites for hydroxylation is 1. The van der Waals surface area contributed by atoms with Gasteiger partial charge in [0.1, 0.15) is 6.26 Å². The van der Waals surface area contributed by atoms with Gasteiger partial charge in [0.05, 0.1) is 17.1 Å². The third kappa shape index (κ3) is 2.74. The van der Waals surface area contributed by atoms with E-state index < -0.39 is 0 Å². The summed E-state index contributed by atoms with van der Waals surface area (Å²) in [4.78, 5) is 8.42. The van der Waals surface area contributed by atoms with Gasteiger partial charge in [0.2, 0.25) is 0 Å². The van der Waals surface area contributed by atoms with Crippen LogP contribution in [0.25, 0.3) is 0 Å². The number of thioether (sulfide) groups is 1. The standard InChI is InChI=1S/C10H12N4OS/c1-7-5-15-10(13-7)16-6-9-4-8(14-11)2-3-12-9/h2-5H,6,11H2,1H3,(H,12,14). The number of nitrogens with two attached hydrogens (primary N) is 1. The van der Waals surface area contributed by atoms with E-state index in [4.69, 9.17) is 10.3 Å². The molecule has 0 fully saturated rings. The lowest BCUT2D eigenvalue weighted by atomic mass is 10.3. The lowest BCUT2D eigenvalue weighted by Crippen LogP contribution is -2.07. The number of oxazole rings is 1. The van der Waals surface area contributed by atoms with E-state index in [0.29, 0.717) is 11.0 Å². The predicted octanol–water partition coefficient (Wildman–Crippen LogP) is 1.96. The van der Waals surface area contributed by atoms with E-state index in [1.807, 2.05) is 19.1 Å². The maximum absolute atomic E-state index is 5.31. The average Bonchev–Trinajstić information content (AvgIpc) is 2.73. The monoisotopic (exact) mass is 236 g/mol. The van der Waals surface area contributed by atoms with Crippen molar-refractivity contribution in [2.24, 2.45) is 5.84 Å². The molecule has 0 aliphatic heterocycles. The fraction of sp³-hybridized carbons (Fsp3) is 0.200. The molecule has 0 atom stereocenters. The van der Waals surface area contributed by atoms with Gasteiger partial charge in [0.25, 0.3) is 5.22 Å². The number of hydrogen-bond acceptors (Lipinski definition) is 6. The molecule has 0 aliphatic carbocycles. The van der Waals surface area contributed by atoms with Gasteiger partial charge >= 0.3 is 0 Å². The maximum Gasteiger partial charge on any atom is 0.256 e. The molecule has 0 radical (unpaired) electrons. The van der Waals surface area contributed by atoms with Gasteiger partial charge in [0, 0.05) is 11.9 Å². The number of nitrogen functional groups attached to an aromatic ring is 1. The van der Waals surface area contributed by atoms with Crippen molar-refractivity contribution in [3.8, 4) is 0 Å². The SMILES string of the molecule is Cc1coc(SCc2cc(NN)ccn2)n1. The van der Waals surface area contributed by atoms with E-state index >= 15 is 0 Å². The summed E-state index contributed by atoms with van der Waals surface area (Å²) >= 11 is 1.50. The van der Waals surface area contributed by atoms with Gasteiger partial charge in [-0.05, 0) is 19.1 Å². The van der Waals surface area contributed by atoms with Crippen LogP contribution in [-0.2, 0) is 5.75 Å². The highest BCUT2D eigenvalue weighted by Gasteiger charge is 2.03. The van der Waals surface area contributed by atoms with Crippen molar-refractivity contribution in [1.29, 1.82) is 0 Å². The van der Waals surface area contributed by atoms with Gasteiger partial charge < -0.3 is 9.84 Å². The molecule has 0 saturated carbocycles. The fourth-order valence-corrected chi connectivity index (χ4v) is 1.94. The Morgan fingerprint density at radius 1 is 1.56 bits per heavy atom. The van der Waals surface area contributed by atoms with Crippen LogP contribution < -0.4 is 11.3 Å². The number of aromatic nitrogens is 2. The van der Waals surface area contributed by atoms with Crippen LogP contribution in [-0.4, -0.2) is 9.97 Å². The van der Waals surface area contributed by atoms with Gasteiger partial charge in [0.15, 0.2) is 0 Å². The number of pyridine rings is 1. The van der Waals surface area contributed by atoms with E-state index in [1.165, 1.54) is 11.8 Å². The summed E-state index contributed by atoms with van der Waals surface area (Å²) < 4.78 is 5.23. The Hall–Kier alpha value is -1.53. The highest BCUT2D eigenvalue weighted by molar-refractivity contribution is 7.98. The van der Waals surface area contributed by atoms with Crippen LogP contribution in [0.1, 0.15) is 11.4 Å². The minimum atomic E-state index is 0.658. The number of hydrogen-bond donors (Lipinski definition) is 2. The number of nitrogens with zero attached hydrogens (tertiary/aromatic N) is 2. The number of hydrazine groups is 1. The molecule has 2 aromatic rings. The third-order valence-electron chi connectivity index (χ3n) is 1.92. The normalized spacial score (nSPS) is 10.4. The second-order valence-corrected chi connectivity index (χ2v) is 4.15. The molecule has 3 N–H and O–H groups in total. The summed E-state index contributed by atoms with van der Waals surface area (Å²) in [6.45, 7) is 1.89. The number of rotatable bonds is 4. The quantitative estimate of drug-likeness (QED) is 0.480. The van der Waals surface area contributed by atoms with E-state index in [9.17, 15) is 0 Å². The smallest absolute Gasteiger partial charge is 0.256 e. The summed E-state index contributed by atoms with van der Waals surface area (Å²) in [6, 6.07) is 3.70. The van der Waals surface area contributed by atoms with Crippen LogP contribution in [0.5, 0.6) is 0 Å². The Morgan fingerprint density at radius 3 is 3.12 bits per heavy atom. The van der Waals surface area contributed by atoms with Crippen molar-refractivity contribution in [3.63, 3.8) is 0 Å². The second-order valence-electron chi connectivity index (χ2n) is 3.22. The van der Waals surface area contributed by atoms with Crippen LogP contribution >= 0.6 is 11.8 Å². The highest BCUT2D eigenvalue weighted by Crippen LogP contribution is 2.21. The zero-order valence-electron chi connectivity index (χ0n) is 8.80. The van der Waals surface area contributed by atoms with E-state index in [2.05, 4.69) is 15.4 Å². The minimum Gasteiger partial charge on any atom is -0.440 e. The van der Waals surface area contributed by atoms with Crippen molar-refractivity contribution >= 4 is 17.4 Å². The topological polar surface area (TPSA) is 77.0 Å². The molecule has 5 nitrogen and oxygen atoms in total. The van der Waals surface area contributed by atoms with Crippen LogP contribution in [0.4, 0.5) is 5.69 Å². The molecule has 2 rings (SSSR count). The van der Waals surface area contributed by atoms with E-state index in [1.54, 1.807) is 12.5 Å². The van der Waals surface area contributed by atoms with Crippen molar-refractivity contribution in [2.45, 2.75) is 17.9 Å².